The summed E-state index contributed by atoms with van der Waals surface area (Å²) in [4.78, 5) is 26.4. The second kappa shape index (κ2) is 9.64. The summed E-state index contributed by atoms with van der Waals surface area (Å²) in [5.74, 6) is -1.15. The molecule has 0 aliphatic heterocycles. The molecule has 0 radical (unpaired) electrons. The van der Waals surface area contributed by atoms with Crippen LogP contribution in [-0.4, -0.2) is 30.8 Å². The van der Waals surface area contributed by atoms with Gasteiger partial charge in [-0.2, -0.15) is 0 Å². The van der Waals surface area contributed by atoms with E-state index in [-0.39, 0.29) is 17.7 Å². The second-order valence-corrected chi connectivity index (χ2v) is 7.33. The molecule has 2 rings (SSSR count). The fourth-order valence-corrected chi connectivity index (χ4v) is 2.58. The van der Waals surface area contributed by atoms with E-state index < -0.39 is 17.0 Å². The van der Waals surface area contributed by atoms with Gasteiger partial charge in [0.25, 0.3) is 5.91 Å². The number of benzene rings is 2. The molecule has 0 aliphatic carbocycles. The molecule has 0 saturated carbocycles. The van der Waals surface area contributed by atoms with Crippen molar-refractivity contribution in [2.75, 3.05) is 23.9 Å². The number of alkyl halides is 1. The van der Waals surface area contributed by atoms with Crippen molar-refractivity contribution in [1.29, 1.82) is 0 Å². The van der Waals surface area contributed by atoms with Crippen LogP contribution in [0.3, 0.4) is 0 Å². The number of hydrogen-bond acceptors (Lipinski definition) is 2. The van der Waals surface area contributed by atoms with Crippen molar-refractivity contribution in [3.05, 3.63) is 65.7 Å². The number of amides is 2. The third-order valence-electron chi connectivity index (χ3n) is 4.27. The van der Waals surface area contributed by atoms with Crippen LogP contribution < -0.4 is 10.2 Å². The topological polar surface area (TPSA) is 49.4 Å². The molecule has 150 valence electrons. The zero-order valence-corrected chi connectivity index (χ0v) is 16.6. The maximum absolute atomic E-state index is 13.3. The molecule has 0 unspecified atom stereocenters. The largest absolute Gasteiger partial charge is 0.356 e. The van der Waals surface area contributed by atoms with E-state index >= 15 is 0 Å². The Morgan fingerprint density at radius 1 is 1.00 bits per heavy atom. The number of rotatable bonds is 8. The highest BCUT2D eigenvalue weighted by Gasteiger charge is 2.26. The Bertz CT molecular complexity index is 808. The van der Waals surface area contributed by atoms with E-state index in [0.717, 1.165) is 0 Å². The number of hydrogen-bond donors (Lipinski definition) is 1. The Morgan fingerprint density at radius 3 is 2.07 bits per heavy atom. The van der Waals surface area contributed by atoms with Crippen LogP contribution in [0.25, 0.3) is 0 Å². The highest BCUT2D eigenvalue weighted by Crippen LogP contribution is 2.19. The van der Waals surface area contributed by atoms with Crippen LogP contribution in [0, 0.1) is 17.0 Å². The van der Waals surface area contributed by atoms with E-state index in [1.807, 2.05) is 0 Å². The summed E-state index contributed by atoms with van der Waals surface area (Å²) in [5, 5.41) is 2.81. The van der Waals surface area contributed by atoms with Crippen LogP contribution in [0.4, 0.5) is 14.5 Å². The van der Waals surface area contributed by atoms with Gasteiger partial charge in [0.15, 0.2) is 0 Å². The van der Waals surface area contributed by atoms with Gasteiger partial charge in [-0.05, 0) is 68.8 Å². The van der Waals surface area contributed by atoms with Gasteiger partial charge >= 0.3 is 0 Å². The van der Waals surface area contributed by atoms with Gasteiger partial charge in [0.05, 0.1) is 5.41 Å². The lowest BCUT2D eigenvalue weighted by Crippen LogP contribution is -2.40. The first kappa shape index (κ1) is 21.8. The molecule has 4 nitrogen and oxygen atoms in total. The van der Waals surface area contributed by atoms with E-state index in [4.69, 9.17) is 11.6 Å². The van der Waals surface area contributed by atoms with E-state index in [1.54, 1.807) is 13.8 Å². The first-order chi connectivity index (χ1) is 13.2. The summed E-state index contributed by atoms with van der Waals surface area (Å²) in [6, 6.07) is 10.8. The Labute approximate surface area is 168 Å². The minimum atomic E-state index is -0.678. The van der Waals surface area contributed by atoms with Crippen molar-refractivity contribution in [2.24, 2.45) is 5.41 Å². The maximum Gasteiger partial charge on any atom is 0.258 e. The van der Waals surface area contributed by atoms with E-state index in [1.165, 1.54) is 53.4 Å². The van der Waals surface area contributed by atoms with Gasteiger partial charge < -0.3 is 10.2 Å². The minimum absolute atomic E-state index is 0.166. The molecular weight excluding hydrogens is 386 g/mol. The third kappa shape index (κ3) is 5.76. The number of carbonyl (C=O) groups excluding carboxylic acids is 2. The average Bonchev–Trinajstić information content (AvgIpc) is 2.69. The van der Waals surface area contributed by atoms with Gasteiger partial charge in [-0.15, -0.1) is 11.6 Å². The number of nitrogens with zero attached hydrogens (tertiary/aromatic N) is 1. The molecule has 0 bridgehead atoms. The van der Waals surface area contributed by atoms with E-state index in [9.17, 15) is 18.4 Å². The van der Waals surface area contributed by atoms with Gasteiger partial charge in [-0.1, -0.05) is 0 Å². The lowest BCUT2D eigenvalue weighted by molar-refractivity contribution is -0.128. The second-order valence-electron chi connectivity index (χ2n) is 7.07. The van der Waals surface area contributed by atoms with Crippen molar-refractivity contribution < 1.29 is 18.4 Å². The summed E-state index contributed by atoms with van der Waals surface area (Å²) in [7, 11) is 0. The number of anilines is 1. The van der Waals surface area contributed by atoms with Crippen LogP contribution >= 0.6 is 11.6 Å². The first-order valence-corrected chi connectivity index (χ1v) is 9.45. The standard InChI is InChI=1S/C21H23ClF2N2O2/c1-21(2,14-22)20(28)25-12-3-13-26(18-10-8-17(24)9-11-18)19(27)15-4-6-16(23)7-5-15/h4-11H,3,12-14H2,1-2H3,(H,25,28). The van der Waals surface area contributed by atoms with Gasteiger partial charge in [0, 0.05) is 30.2 Å². The average molecular weight is 409 g/mol. The molecule has 0 aromatic heterocycles. The molecule has 2 aromatic rings. The molecule has 0 spiro atoms. The smallest absolute Gasteiger partial charge is 0.258 e. The lowest BCUT2D eigenvalue weighted by atomic mass is 9.95. The quantitative estimate of drug-likeness (QED) is 0.520. The van der Waals surface area contributed by atoms with Crippen molar-refractivity contribution in [1.82, 2.24) is 5.32 Å². The maximum atomic E-state index is 13.3. The zero-order valence-electron chi connectivity index (χ0n) is 15.8. The number of nitrogens with one attached hydrogen (secondary N) is 1. The van der Waals surface area contributed by atoms with Gasteiger partial charge in [-0.25, -0.2) is 8.78 Å². The molecular formula is C21H23ClF2N2O2. The molecule has 0 heterocycles. The fourth-order valence-electron chi connectivity index (χ4n) is 2.46. The molecule has 0 aliphatic rings. The summed E-state index contributed by atoms with van der Waals surface area (Å²) < 4.78 is 26.4. The Hall–Kier alpha value is -2.47. The molecule has 1 N–H and O–H groups in total. The van der Waals surface area contributed by atoms with Gasteiger partial charge in [0.2, 0.25) is 5.91 Å². The highest BCUT2D eigenvalue weighted by atomic mass is 35.5. The summed E-state index contributed by atoms with van der Waals surface area (Å²) in [5.41, 5.74) is 0.156. The van der Waals surface area contributed by atoms with Gasteiger partial charge in [0.1, 0.15) is 11.6 Å². The molecule has 2 amide bonds. The van der Waals surface area contributed by atoms with Crippen LogP contribution in [0.1, 0.15) is 30.6 Å². The monoisotopic (exact) mass is 408 g/mol. The first-order valence-electron chi connectivity index (χ1n) is 8.92. The fraction of sp³-hybridized carbons (Fsp3) is 0.333. The highest BCUT2D eigenvalue weighted by molar-refractivity contribution is 6.19. The summed E-state index contributed by atoms with van der Waals surface area (Å²) in [6.45, 7) is 4.15. The summed E-state index contributed by atoms with van der Waals surface area (Å²) in [6.07, 6.45) is 0.481. The minimum Gasteiger partial charge on any atom is -0.356 e. The third-order valence-corrected chi connectivity index (χ3v) is 4.94. The number of halogens is 3. The normalized spacial score (nSPS) is 11.2. The van der Waals surface area contributed by atoms with Crippen LogP contribution in [0.2, 0.25) is 0 Å². The summed E-state index contributed by atoms with van der Waals surface area (Å²) >= 11 is 5.79. The molecule has 0 atom stereocenters. The Balaban J connectivity index is 2.09. The van der Waals surface area contributed by atoms with Crippen molar-refractivity contribution in [3.8, 4) is 0 Å². The molecule has 28 heavy (non-hydrogen) atoms. The van der Waals surface area contributed by atoms with Crippen LogP contribution in [-0.2, 0) is 4.79 Å². The molecule has 7 heteroatoms. The Morgan fingerprint density at radius 2 is 1.54 bits per heavy atom. The molecule has 0 fully saturated rings. The zero-order chi connectivity index (χ0) is 20.7. The predicted octanol–water partition coefficient (Wildman–Crippen LogP) is 4.38. The SMILES string of the molecule is CC(C)(CCl)C(=O)NCCCN(C(=O)c1ccc(F)cc1)c1ccc(F)cc1. The van der Waals surface area contributed by atoms with Crippen molar-refractivity contribution in [3.63, 3.8) is 0 Å². The van der Waals surface area contributed by atoms with Gasteiger partial charge in [-0.3, -0.25) is 9.59 Å². The van der Waals surface area contributed by atoms with Crippen molar-refractivity contribution in [2.45, 2.75) is 20.3 Å². The molecule has 2 aromatic carbocycles. The molecule has 0 saturated heterocycles. The Kier molecular flexibility index (Phi) is 7.52. The van der Waals surface area contributed by atoms with E-state index in [2.05, 4.69) is 5.32 Å². The van der Waals surface area contributed by atoms with Crippen LogP contribution in [0.5, 0.6) is 0 Å². The predicted molar refractivity (Wildman–Crippen MR) is 107 cm³/mol. The number of carbonyl (C=O) groups is 2. The lowest BCUT2D eigenvalue weighted by Gasteiger charge is -2.24. The van der Waals surface area contributed by atoms with E-state index in [0.29, 0.717) is 30.8 Å². The van der Waals surface area contributed by atoms with Crippen molar-refractivity contribution >= 4 is 29.1 Å². The van der Waals surface area contributed by atoms with Crippen LogP contribution in [0.15, 0.2) is 48.5 Å².